The Hall–Kier alpha value is -2.91. The van der Waals surface area contributed by atoms with Crippen molar-refractivity contribution in [2.45, 2.75) is 75.1 Å². The number of para-hydroxylation sites is 1. The molecule has 2 amide bonds. The number of aryl methyl sites for hydroxylation is 1. The highest BCUT2D eigenvalue weighted by molar-refractivity contribution is 7.89. The Kier molecular flexibility index (Phi) is 9.10. The van der Waals surface area contributed by atoms with E-state index in [1.165, 1.54) is 9.87 Å². The first-order valence-corrected chi connectivity index (χ1v) is 16.2. The molecule has 8 nitrogen and oxygen atoms in total. The van der Waals surface area contributed by atoms with E-state index in [1.807, 2.05) is 23.1 Å². The zero-order chi connectivity index (χ0) is 28.0. The highest BCUT2D eigenvalue weighted by Crippen LogP contribution is 2.38. The number of fused-ring (bicyclic) bond motifs is 1. The number of rotatable bonds is 3. The van der Waals surface area contributed by atoms with Gasteiger partial charge in [-0.15, -0.1) is 0 Å². The smallest absolute Gasteiger partial charge is 0.243 e. The molecule has 1 unspecified atom stereocenters. The number of likely N-dealkylation sites (tertiary alicyclic amines) is 1. The average Bonchev–Trinajstić information content (AvgIpc) is 3.49. The van der Waals surface area contributed by atoms with Crippen molar-refractivity contribution < 1.29 is 22.7 Å². The van der Waals surface area contributed by atoms with Crippen LogP contribution in [0.5, 0.6) is 5.75 Å². The van der Waals surface area contributed by atoms with Gasteiger partial charge in [-0.2, -0.15) is 4.31 Å². The van der Waals surface area contributed by atoms with E-state index in [-0.39, 0.29) is 22.1 Å². The van der Waals surface area contributed by atoms with Crippen LogP contribution in [0.3, 0.4) is 0 Å². The molecule has 216 valence electrons. The molecule has 2 fully saturated rings. The lowest BCUT2D eigenvalue weighted by atomic mass is 9.74. The highest BCUT2D eigenvalue weighted by atomic mass is 32.2. The number of ether oxygens (including phenoxy) is 1. The molecule has 1 N–H and O–H groups in total. The number of hydrogen-bond acceptors (Lipinski definition) is 5. The summed E-state index contributed by atoms with van der Waals surface area (Å²) in [4.78, 5) is 28.4. The minimum absolute atomic E-state index is 0.0412. The largest absolute Gasteiger partial charge is 0.493 e. The number of nitrogens with zero attached hydrogens (tertiary/aromatic N) is 2. The zero-order valence-corrected chi connectivity index (χ0v) is 24.0. The number of piperidine rings is 1. The molecule has 1 atom stereocenters. The number of sulfonamides is 1. The Morgan fingerprint density at radius 2 is 1.62 bits per heavy atom. The van der Waals surface area contributed by atoms with Gasteiger partial charge in [-0.1, -0.05) is 42.8 Å². The third kappa shape index (κ3) is 6.52. The van der Waals surface area contributed by atoms with Crippen molar-refractivity contribution in [2.75, 3.05) is 32.8 Å². The SMILES string of the molecule is O=C1CCCOc2ccccc2CCCCC2(CCN(C(=O)C3CCCN3S(=O)(=O)c3ccccc3)CC2)CN1. The quantitative estimate of drug-likeness (QED) is 0.601. The fraction of sp³-hybridized carbons (Fsp3) is 0.548. The summed E-state index contributed by atoms with van der Waals surface area (Å²) in [6, 6.07) is 15.9. The minimum Gasteiger partial charge on any atom is -0.493 e. The van der Waals surface area contributed by atoms with Crippen LogP contribution in [0.4, 0.5) is 0 Å². The molecular formula is C31H41N3O5S. The molecular weight excluding hydrogens is 526 g/mol. The summed E-state index contributed by atoms with van der Waals surface area (Å²) in [5.74, 6) is 0.865. The van der Waals surface area contributed by atoms with Crippen molar-refractivity contribution in [2.24, 2.45) is 5.41 Å². The predicted molar refractivity (Wildman–Crippen MR) is 153 cm³/mol. The summed E-state index contributed by atoms with van der Waals surface area (Å²) in [7, 11) is -3.72. The molecule has 0 aromatic heterocycles. The molecule has 9 heteroatoms. The highest BCUT2D eigenvalue weighted by Gasteiger charge is 2.43. The summed E-state index contributed by atoms with van der Waals surface area (Å²) in [5.41, 5.74) is 1.16. The zero-order valence-electron chi connectivity index (χ0n) is 23.2. The van der Waals surface area contributed by atoms with Gasteiger partial charge < -0.3 is 15.0 Å². The Bertz CT molecular complexity index is 1270. The molecule has 3 aliphatic rings. The van der Waals surface area contributed by atoms with Crippen molar-refractivity contribution in [3.8, 4) is 5.75 Å². The van der Waals surface area contributed by atoms with Gasteiger partial charge >= 0.3 is 0 Å². The van der Waals surface area contributed by atoms with Crippen molar-refractivity contribution in [1.82, 2.24) is 14.5 Å². The van der Waals surface area contributed by atoms with E-state index in [9.17, 15) is 18.0 Å². The molecule has 3 heterocycles. The van der Waals surface area contributed by atoms with Crippen molar-refractivity contribution in [3.63, 3.8) is 0 Å². The van der Waals surface area contributed by atoms with Crippen LogP contribution in [0.25, 0.3) is 0 Å². The maximum Gasteiger partial charge on any atom is 0.243 e. The molecule has 0 bridgehead atoms. The summed E-state index contributed by atoms with van der Waals surface area (Å²) < 4.78 is 34.0. The first-order chi connectivity index (χ1) is 19.4. The lowest BCUT2D eigenvalue weighted by Crippen LogP contribution is -2.53. The van der Waals surface area contributed by atoms with Crippen molar-refractivity contribution >= 4 is 21.8 Å². The van der Waals surface area contributed by atoms with E-state index in [0.717, 1.165) is 44.3 Å². The Labute approximate surface area is 238 Å². The van der Waals surface area contributed by atoms with Gasteiger partial charge in [0, 0.05) is 32.6 Å². The van der Waals surface area contributed by atoms with Crippen LogP contribution in [0.2, 0.25) is 0 Å². The van der Waals surface area contributed by atoms with Crippen LogP contribution in [-0.2, 0) is 26.0 Å². The van der Waals surface area contributed by atoms with Crippen LogP contribution in [0.1, 0.15) is 63.4 Å². The molecule has 0 saturated carbocycles. The average molecular weight is 568 g/mol. The molecule has 1 spiro atoms. The van der Waals surface area contributed by atoms with Gasteiger partial charge in [0.25, 0.3) is 0 Å². The number of carbonyl (C=O) groups is 2. The molecule has 2 saturated heterocycles. The van der Waals surface area contributed by atoms with Crippen molar-refractivity contribution in [1.29, 1.82) is 0 Å². The van der Waals surface area contributed by atoms with E-state index in [1.54, 1.807) is 30.3 Å². The van der Waals surface area contributed by atoms with Crippen LogP contribution >= 0.6 is 0 Å². The summed E-state index contributed by atoms with van der Waals surface area (Å²) in [6.07, 6.45) is 7.93. The maximum absolute atomic E-state index is 13.6. The molecule has 0 aliphatic carbocycles. The van der Waals surface area contributed by atoms with Crippen molar-refractivity contribution in [3.05, 3.63) is 60.2 Å². The second kappa shape index (κ2) is 12.7. The molecule has 0 radical (unpaired) electrons. The van der Waals surface area contributed by atoms with E-state index in [4.69, 9.17) is 4.74 Å². The van der Waals surface area contributed by atoms with E-state index in [2.05, 4.69) is 11.4 Å². The third-order valence-electron chi connectivity index (χ3n) is 8.82. The fourth-order valence-corrected chi connectivity index (χ4v) is 8.06. The Morgan fingerprint density at radius 3 is 2.42 bits per heavy atom. The van der Waals surface area contributed by atoms with Crippen LogP contribution in [0, 0.1) is 5.41 Å². The number of carbonyl (C=O) groups excluding carboxylic acids is 2. The van der Waals surface area contributed by atoms with E-state index >= 15 is 0 Å². The van der Waals surface area contributed by atoms with E-state index in [0.29, 0.717) is 58.5 Å². The van der Waals surface area contributed by atoms with Gasteiger partial charge in [0.2, 0.25) is 21.8 Å². The second-order valence-corrected chi connectivity index (χ2v) is 13.3. The number of benzene rings is 2. The van der Waals surface area contributed by atoms with Gasteiger partial charge in [0.1, 0.15) is 11.8 Å². The van der Waals surface area contributed by atoms with Gasteiger partial charge in [0.05, 0.1) is 11.5 Å². The monoisotopic (exact) mass is 567 g/mol. The maximum atomic E-state index is 13.6. The predicted octanol–water partition coefficient (Wildman–Crippen LogP) is 4.15. The molecule has 3 aliphatic heterocycles. The summed E-state index contributed by atoms with van der Waals surface area (Å²) in [5, 5.41) is 3.18. The first kappa shape index (κ1) is 28.6. The van der Waals surface area contributed by atoms with Gasteiger partial charge in [-0.05, 0) is 80.5 Å². The third-order valence-corrected chi connectivity index (χ3v) is 10.7. The Balaban J connectivity index is 1.23. The standard InChI is InChI=1S/C31H41N3O5S/c35-29-16-9-23-39-28-15-5-4-10-25(28)11-6-7-17-31(24-32-29)18-21-33(22-19-31)30(36)27-14-8-20-34(27)40(37,38)26-12-2-1-3-13-26/h1-5,10,12-13,15,27H,6-9,11,14,16-24H2,(H,32,35). The summed E-state index contributed by atoms with van der Waals surface area (Å²) >= 11 is 0. The van der Waals surface area contributed by atoms with Gasteiger partial charge in [-0.3, -0.25) is 9.59 Å². The van der Waals surface area contributed by atoms with E-state index < -0.39 is 16.1 Å². The first-order valence-electron chi connectivity index (χ1n) is 14.7. The Morgan fingerprint density at radius 1 is 0.875 bits per heavy atom. The number of amides is 2. The van der Waals surface area contributed by atoms with Gasteiger partial charge in [0.15, 0.2) is 0 Å². The van der Waals surface area contributed by atoms with Crippen LogP contribution in [-0.4, -0.2) is 68.3 Å². The lowest BCUT2D eigenvalue weighted by molar-refractivity contribution is -0.137. The number of hydrogen-bond donors (Lipinski definition) is 1. The minimum atomic E-state index is -3.72. The molecule has 2 aromatic carbocycles. The molecule has 40 heavy (non-hydrogen) atoms. The fourth-order valence-electron chi connectivity index (χ4n) is 6.39. The topological polar surface area (TPSA) is 96.0 Å². The molecule has 2 aromatic rings. The second-order valence-electron chi connectivity index (χ2n) is 11.5. The lowest BCUT2D eigenvalue weighted by Gasteiger charge is -2.43. The van der Waals surface area contributed by atoms with Crippen LogP contribution in [0.15, 0.2) is 59.5 Å². The summed E-state index contributed by atoms with van der Waals surface area (Å²) in [6.45, 7) is 2.67. The molecule has 5 rings (SSSR count). The normalized spacial score (nSPS) is 23.1. The number of nitrogens with one attached hydrogen (secondary N) is 1. The van der Waals surface area contributed by atoms with Gasteiger partial charge in [-0.25, -0.2) is 8.42 Å². The van der Waals surface area contributed by atoms with Crippen LogP contribution < -0.4 is 10.1 Å².